The van der Waals surface area contributed by atoms with Crippen molar-refractivity contribution < 1.29 is 13.2 Å². The second-order valence-electron chi connectivity index (χ2n) is 7.33. The van der Waals surface area contributed by atoms with Crippen molar-refractivity contribution in [1.29, 1.82) is 0 Å². The lowest BCUT2D eigenvalue weighted by Crippen LogP contribution is -2.33. The predicted octanol–water partition coefficient (Wildman–Crippen LogP) is 2.43. The third-order valence-electron chi connectivity index (χ3n) is 5.52. The van der Waals surface area contributed by atoms with Gasteiger partial charge in [-0.05, 0) is 43.1 Å². The van der Waals surface area contributed by atoms with Crippen LogP contribution in [0.1, 0.15) is 43.2 Å². The Hall–Kier alpha value is -1.36. The van der Waals surface area contributed by atoms with E-state index < -0.39 is 9.84 Å². The van der Waals surface area contributed by atoms with Gasteiger partial charge in [0.25, 0.3) is 0 Å². The van der Waals surface area contributed by atoms with E-state index in [1.165, 1.54) is 11.1 Å². The Morgan fingerprint density at radius 2 is 2.04 bits per heavy atom. The predicted molar refractivity (Wildman–Crippen MR) is 91.0 cm³/mol. The Morgan fingerprint density at radius 3 is 2.70 bits per heavy atom. The summed E-state index contributed by atoms with van der Waals surface area (Å²) in [6.45, 7) is 4.82. The molecular formula is C18H25NO3S. The zero-order valence-corrected chi connectivity index (χ0v) is 14.7. The first-order chi connectivity index (χ1) is 10.8. The lowest BCUT2D eigenvalue weighted by Gasteiger charge is -2.22. The van der Waals surface area contributed by atoms with E-state index in [0.29, 0.717) is 19.4 Å². The number of sulfone groups is 1. The van der Waals surface area contributed by atoms with Crippen LogP contribution >= 0.6 is 0 Å². The Balaban J connectivity index is 1.51. The van der Waals surface area contributed by atoms with Gasteiger partial charge in [0.1, 0.15) is 9.84 Å². The fourth-order valence-corrected chi connectivity index (χ4v) is 5.33. The van der Waals surface area contributed by atoms with E-state index in [9.17, 15) is 13.2 Å². The fraction of sp³-hybridized carbons (Fsp3) is 0.611. The first-order valence-electron chi connectivity index (χ1n) is 8.36. The van der Waals surface area contributed by atoms with Gasteiger partial charge in [-0.25, -0.2) is 8.42 Å². The van der Waals surface area contributed by atoms with E-state index in [-0.39, 0.29) is 34.7 Å². The van der Waals surface area contributed by atoms with E-state index >= 15 is 0 Å². The third kappa shape index (κ3) is 3.60. The van der Waals surface area contributed by atoms with Gasteiger partial charge >= 0.3 is 0 Å². The summed E-state index contributed by atoms with van der Waals surface area (Å²) in [4.78, 5) is 12.4. The van der Waals surface area contributed by atoms with Crippen molar-refractivity contribution in [3.8, 4) is 0 Å². The lowest BCUT2D eigenvalue weighted by molar-refractivity contribution is -0.123. The number of hydrogen-bond acceptors (Lipinski definition) is 3. The Labute approximate surface area is 138 Å². The molecule has 2 aliphatic rings. The molecule has 4 nitrogen and oxygen atoms in total. The summed E-state index contributed by atoms with van der Waals surface area (Å²) >= 11 is 0. The minimum absolute atomic E-state index is 0.0164. The second kappa shape index (κ2) is 5.93. The number of benzene rings is 1. The van der Waals surface area contributed by atoms with Gasteiger partial charge < -0.3 is 5.32 Å². The molecule has 1 aromatic rings. The third-order valence-corrected chi connectivity index (χ3v) is 7.17. The summed E-state index contributed by atoms with van der Waals surface area (Å²) in [6.07, 6.45) is 2.16. The van der Waals surface area contributed by atoms with Crippen LogP contribution in [0.3, 0.4) is 0 Å². The van der Waals surface area contributed by atoms with Crippen molar-refractivity contribution in [1.82, 2.24) is 5.32 Å². The van der Waals surface area contributed by atoms with Crippen LogP contribution in [0.15, 0.2) is 24.3 Å². The Kier molecular flexibility index (Phi) is 4.25. The smallest absolute Gasteiger partial charge is 0.223 e. The lowest BCUT2D eigenvalue weighted by atomic mass is 9.95. The van der Waals surface area contributed by atoms with Crippen LogP contribution in [-0.4, -0.2) is 32.4 Å². The molecule has 1 aromatic carbocycles. The maximum atomic E-state index is 12.4. The SMILES string of the molecule is Cc1cccc([C@H](C)CNC(=O)[C@@H]2CC23CCS(=O)(=O)CC3)c1. The van der Waals surface area contributed by atoms with Crippen LogP contribution in [0, 0.1) is 18.3 Å². The van der Waals surface area contributed by atoms with Crippen molar-refractivity contribution in [2.75, 3.05) is 18.1 Å². The molecule has 0 radical (unpaired) electrons. The Morgan fingerprint density at radius 1 is 1.35 bits per heavy atom. The summed E-state index contributed by atoms with van der Waals surface area (Å²) in [5, 5.41) is 3.07. The topological polar surface area (TPSA) is 63.2 Å². The summed E-state index contributed by atoms with van der Waals surface area (Å²) in [6, 6.07) is 8.36. The molecule has 2 atom stereocenters. The van der Waals surface area contributed by atoms with Gasteiger partial charge in [0, 0.05) is 12.5 Å². The van der Waals surface area contributed by atoms with E-state index in [1.54, 1.807) is 0 Å². The molecule has 0 aromatic heterocycles. The molecule has 23 heavy (non-hydrogen) atoms. The van der Waals surface area contributed by atoms with Gasteiger partial charge in [0.05, 0.1) is 11.5 Å². The van der Waals surface area contributed by atoms with E-state index in [2.05, 4.69) is 37.4 Å². The summed E-state index contributed by atoms with van der Waals surface area (Å²) in [7, 11) is -2.86. The van der Waals surface area contributed by atoms with Crippen LogP contribution in [0.4, 0.5) is 0 Å². The zero-order valence-electron chi connectivity index (χ0n) is 13.8. The van der Waals surface area contributed by atoms with Crippen molar-refractivity contribution >= 4 is 15.7 Å². The average Bonchev–Trinajstić information content (AvgIpc) is 3.23. The maximum Gasteiger partial charge on any atom is 0.223 e. The highest BCUT2D eigenvalue weighted by atomic mass is 32.2. The largest absolute Gasteiger partial charge is 0.355 e. The van der Waals surface area contributed by atoms with Gasteiger partial charge in [-0.3, -0.25) is 4.79 Å². The number of amides is 1. The molecule has 1 aliphatic heterocycles. The number of carbonyl (C=O) groups is 1. The number of aryl methyl sites for hydroxylation is 1. The van der Waals surface area contributed by atoms with E-state index in [4.69, 9.17) is 0 Å². The molecule has 0 unspecified atom stereocenters. The van der Waals surface area contributed by atoms with E-state index in [1.807, 2.05) is 6.07 Å². The quantitative estimate of drug-likeness (QED) is 0.919. The van der Waals surface area contributed by atoms with Crippen molar-refractivity contribution in [3.63, 3.8) is 0 Å². The highest BCUT2D eigenvalue weighted by molar-refractivity contribution is 7.91. The van der Waals surface area contributed by atoms with Gasteiger partial charge in [0.15, 0.2) is 0 Å². The first kappa shape index (κ1) is 16.5. The fourth-order valence-electron chi connectivity index (χ4n) is 3.69. The molecule has 1 spiro atoms. The summed E-state index contributed by atoms with van der Waals surface area (Å²) in [5.41, 5.74) is 2.44. The standard InChI is InChI=1S/C18H25NO3S/c1-13-4-3-5-15(10-13)14(2)12-19-17(20)16-11-18(16)6-8-23(21,22)9-7-18/h3-5,10,14,16H,6-9,11-12H2,1-2H3,(H,19,20)/t14-,16+/m1/s1. The summed E-state index contributed by atoms with van der Waals surface area (Å²) in [5.74, 6) is 0.888. The molecule has 126 valence electrons. The number of hydrogen-bond donors (Lipinski definition) is 1. The van der Waals surface area contributed by atoms with Crippen LogP contribution in [0.2, 0.25) is 0 Å². The normalized spacial score (nSPS) is 25.7. The molecule has 1 saturated carbocycles. The number of rotatable bonds is 4. The molecular weight excluding hydrogens is 310 g/mol. The molecule has 1 amide bonds. The van der Waals surface area contributed by atoms with Crippen LogP contribution in [0.25, 0.3) is 0 Å². The second-order valence-corrected chi connectivity index (χ2v) is 9.63. The molecule has 1 heterocycles. The average molecular weight is 335 g/mol. The molecule has 2 fully saturated rings. The van der Waals surface area contributed by atoms with E-state index in [0.717, 1.165) is 6.42 Å². The maximum absolute atomic E-state index is 12.4. The molecule has 0 bridgehead atoms. The highest BCUT2D eigenvalue weighted by Crippen LogP contribution is 2.59. The highest BCUT2D eigenvalue weighted by Gasteiger charge is 2.59. The molecule has 1 aliphatic carbocycles. The number of nitrogens with one attached hydrogen (secondary N) is 1. The monoisotopic (exact) mass is 335 g/mol. The van der Waals surface area contributed by atoms with Gasteiger partial charge in [-0.2, -0.15) is 0 Å². The minimum Gasteiger partial charge on any atom is -0.355 e. The molecule has 1 saturated heterocycles. The molecule has 5 heteroatoms. The first-order valence-corrected chi connectivity index (χ1v) is 10.2. The van der Waals surface area contributed by atoms with Crippen molar-refractivity contribution in [2.24, 2.45) is 11.3 Å². The van der Waals surface area contributed by atoms with Crippen molar-refractivity contribution in [2.45, 2.75) is 39.0 Å². The van der Waals surface area contributed by atoms with Gasteiger partial charge in [0.2, 0.25) is 5.91 Å². The molecule has 1 N–H and O–H groups in total. The summed E-state index contributed by atoms with van der Waals surface area (Å²) < 4.78 is 23.1. The van der Waals surface area contributed by atoms with Crippen LogP contribution in [-0.2, 0) is 14.6 Å². The minimum atomic E-state index is -2.86. The van der Waals surface area contributed by atoms with Crippen LogP contribution < -0.4 is 5.32 Å². The van der Waals surface area contributed by atoms with Gasteiger partial charge in [-0.1, -0.05) is 36.8 Å². The van der Waals surface area contributed by atoms with Crippen LogP contribution in [0.5, 0.6) is 0 Å². The molecule has 3 rings (SSSR count). The van der Waals surface area contributed by atoms with Crippen molar-refractivity contribution in [3.05, 3.63) is 35.4 Å². The Bertz CT molecular complexity index is 697. The number of carbonyl (C=O) groups excluding carboxylic acids is 1. The van der Waals surface area contributed by atoms with Gasteiger partial charge in [-0.15, -0.1) is 0 Å². The zero-order chi connectivity index (χ0) is 16.7.